The van der Waals surface area contributed by atoms with Crippen molar-refractivity contribution >= 4 is 24.1 Å². The lowest BCUT2D eigenvalue weighted by atomic mass is 9.90. The Kier molecular flexibility index (Phi) is 9.47. The number of piperidine rings is 1. The third-order valence-corrected chi connectivity index (χ3v) is 7.12. The van der Waals surface area contributed by atoms with E-state index in [1.54, 1.807) is 49.5 Å². The molecule has 3 N–H and O–H groups in total. The average Bonchev–Trinajstić information content (AvgIpc) is 2.93. The first kappa shape index (κ1) is 28.4. The van der Waals surface area contributed by atoms with Crippen LogP contribution in [0.4, 0.5) is 19.1 Å². The van der Waals surface area contributed by atoms with E-state index in [4.69, 9.17) is 10.5 Å². The van der Waals surface area contributed by atoms with Crippen LogP contribution >= 0.6 is 11.9 Å². The van der Waals surface area contributed by atoms with Crippen LogP contribution in [0.25, 0.3) is 11.3 Å². The summed E-state index contributed by atoms with van der Waals surface area (Å²) in [4.78, 5) is 15.6. The summed E-state index contributed by atoms with van der Waals surface area (Å²) in [5.41, 5.74) is 7.33. The van der Waals surface area contributed by atoms with Gasteiger partial charge in [-0.25, -0.2) is 4.98 Å². The van der Waals surface area contributed by atoms with Crippen molar-refractivity contribution in [1.82, 2.24) is 14.9 Å². The largest absolute Gasteiger partial charge is 0.439 e. The highest BCUT2D eigenvalue weighted by atomic mass is 32.2. The summed E-state index contributed by atoms with van der Waals surface area (Å²) in [6.45, 7) is 2.07. The molecule has 1 aromatic heterocycles. The second-order valence-electron chi connectivity index (χ2n) is 9.25. The topological polar surface area (TPSA) is 88.7 Å². The standard InChI is InChI=1S/C28H31F3N6OS/c1-33-18-23(17-32)39-36-27-34-25(21-6-4-3-5-7-21)24(16-28(29,30)31)26(35-27)38-22-10-8-19(9-11-22)20-12-14-37(2)15-13-20/h3-11,17-18,20H,12-16,32H2,1-2H3,(H,34,35,36)/b23-17+,33-18?. The van der Waals surface area contributed by atoms with Gasteiger partial charge in [-0.3, -0.25) is 9.71 Å². The van der Waals surface area contributed by atoms with Crippen LogP contribution in [0.5, 0.6) is 11.6 Å². The fourth-order valence-corrected chi connectivity index (χ4v) is 4.91. The molecule has 0 bridgehead atoms. The molecular formula is C28H31F3N6OS. The predicted molar refractivity (Wildman–Crippen MR) is 151 cm³/mol. The minimum atomic E-state index is -4.50. The van der Waals surface area contributed by atoms with Gasteiger partial charge in [-0.05, 0) is 68.5 Å². The minimum Gasteiger partial charge on any atom is -0.439 e. The van der Waals surface area contributed by atoms with Crippen molar-refractivity contribution in [3.8, 4) is 22.9 Å². The maximum atomic E-state index is 13.8. The van der Waals surface area contributed by atoms with E-state index in [0.29, 0.717) is 22.1 Å². The average molecular weight is 557 g/mol. The number of nitrogens with two attached hydrogens (primary N) is 1. The van der Waals surface area contributed by atoms with E-state index in [9.17, 15) is 13.2 Å². The van der Waals surface area contributed by atoms with Crippen LogP contribution in [-0.2, 0) is 6.42 Å². The number of ether oxygens (including phenoxy) is 1. The van der Waals surface area contributed by atoms with Crippen molar-refractivity contribution in [3.05, 3.63) is 76.8 Å². The second-order valence-corrected chi connectivity index (χ2v) is 10.1. The van der Waals surface area contributed by atoms with E-state index < -0.39 is 12.6 Å². The van der Waals surface area contributed by atoms with Gasteiger partial charge in [-0.15, -0.1) is 0 Å². The second kappa shape index (κ2) is 13.0. The Morgan fingerprint density at radius 3 is 2.44 bits per heavy atom. The molecule has 4 rings (SSSR count). The Balaban J connectivity index is 1.70. The Hall–Kier alpha value is -3.57. The van der Waals surface area contributed by atoms with Crippen molar-refractivity contribution in [2.45, 2.75) is 31.4 Å². The SMILES string of the molecule is CN=C/C(=C\N)SNc1nc(Oc2ccc(C3CCN(C)CC3)cc2)c(CC(F)(F)F)c(-c2ccccc2)n1. The zero-order valence-corrected chi connectivity index (χ0v) is 22.6. The van der Waals surface area contributed by atoms with Crippen LogP contribution in [0.15, 0.2) is 70.7 Å². The van der Waals surface area contributed by atoms with Gasteiger partial charge in [0.05, 0.1) is 22.6 Å². The summed E-state index contributed by atoms with van der Waals surface area (Å²) in [7, 11) is 3.72. The van der Waals surface area contributed by atoms with Crippen molar-refractivity contribution < 1.29 is 17.9 Å². The molecule has 0 aliphatic carbocycles. The van der Waals surface area contributed by atoms with Gasteiger partial charge in [-0.2, -0.15) is 18.2 Å². The lowest BCUT2D eigenvalue weighted by Gasteiger charge is -2.29. The van der Waals surface area contributed by atoms with E-state index in [2.05, 4.69) is 31.6 Å². The third kappa shape index (κ3) is 7.96. The number of hydrogen-bond acceptors (Lipinski definition) is 8. The molecule has 0 atom stereocenters. The Labute approximate surface area is 230 Å². The minimum absolute atomic E-state index is 0.0755. The van der Waals surface area contributed by atoms with E-state index in [1.165, 1.54) is 18.0 Å². The summed E-state index contributed by atoms with van der Waals surface area (Å²) in [5.74, 6) is 0.751. The highest BCUT2D eigenvalue weighted by Crippen LogP contribution is 2.37. The van der Waals surface area contributed by atoms with Gasteiger partial charge in [0.1, 0.15) is 5.75 Å². The fourth-order valence-electron chi connectivity index (χ4n) is 4.38. The molecular weight excluding hydrogens is 525 g/mol. The number of aromatic nitrogens is 2. The fraction of sp³-hybridized carbons (Fsp3) is 0.321. The monoisotopic (exact) mass is 556 g/mol. The van der Waals surface area contributed by atoms with Gasteiger partial charge < -0.3 is 15.4 Å². The molecule has 11 heteroatoms. The first-order chi connectivity index (χ1) is 18.8. The number of alkyl halides is 3. The molecule has 0 saturated carbocycles. The number of aliphatic imine (C=N–C) groups is 1. The molecule has 1 aliphatic heterocycles. The molecule has 0 radical (unpaired) electrons. The van der Waals surface area contributed by atoms with E-state index in [0.717, 1.165) is 37.9 Å². The normalized spacial score (nSPS) is 15.6. The van der Waals surface area contributed by atoms with Gasteiger partial charge in [0.15, 0.2) is 0 Å². The van der Waals surface area contributed by atoms with Crippen LogP contribution in [0.3, 0.4) is 0 Å². The van der Waals surface area contributed by atoms with Gasteiger partial charge >= 0.3 is 6.18 Å². The Morgan fingerprint density at radius 2 is 1.82 bits per heavy atom. The molecule has 3 aromatic rings. The molecule has 2 heterocycles. The molecule has 1 aliphatic rings. The summed E-state index contributed by atoms with van der Waals surface area (Å²) in [6, 6.07) is 16.2. The van der Waals surface area contributed by atoms with Crippen LogP contribution in [0.1, 0.15) is 29.9 Å². The number of nitrogens with one attached hydrogen (secondary N) is 1. The number of nitrogens with zero attached hydrogens (tertiary/aromatic N) is 4. The first-order valence-electron chi connectivity index (χ1n) is 12.5. The van der Waals surface area contributed by atoms with Crippen molar-refractivity contribution in [2.24, 2.45) is 10.7 Å². The number of likely N-dealkylation sites (tertiary alicyclic amines) is 1. The number of rotatable bonds is 9. The molecule has 206 valence electrons. The van der Waals surface area contributed by atoms with E-state index in [1.807, 2.05) is 12.1 Å². The van der Waals surface area contributed by atoms with Crippen molar-refractivity contribution in [3.63, 3.8) is 0 Å². The van der Waals surface area contributed by atoms with E-state index >= 15 is 0 Å². The summed E-state index contributed by atoms with van der Waals surface area (Å²) in [5, 5.41) is 0. The first-order valence-corrected chi connectivity index (χ1v) is 13.3. The van der Waals surface area contributed by atoms with Gasteiger partial charge in [-0.1, -0.05) is 42.5 Å². The summed E-state index contributed by atoms with van der Waals surface area (Å²) in [6.07, 6.45) is -0.730. The zero-order chi connectivity index (χ0) is 27.8. The lowest BCUT2D eigenvalue weighted by molar-refractivity contribution is -0.127. The molecule has 0 amide bonds. The number of allylic oxidation sites excluding steroid dienone is 1. The molecule has 1 fully saturated rings. The Morgan fingerprint density at radius 1 is 1.13 bits per heavy atom. The lowest BCUT2D eigenvalue weighted by Crippen LogP contribution is -2.29. The number of benzene rings is 2. The predicted octanol–water partition coefficient (Wildman–Crippen LogP) is 6.41. The van der Waals surface area contributed by atoms with Gasteiger partial charge in [0, 0.05) is 25.0 Å². The molecule has 7 nitrogen and oxygen atoms in total. The maximum Gasteiger partial charge on any atom is 0.393 e. The van der Waals surface area contributed by atoms with Crippen LogP contribution < -0.4 is 15.2 Å². The molecule has 0 spiro atoms. The highest BCUT2D eigenvalue weighted by Gasteiger charge is 2.33. The van der Waals surface area contributed by atoms with Crippen molar-refractivity contribution in [2.75, 3.05) is 31.9 Å². The summed E-state index contributed by atoms with van der Waals surface area (Å²) < 4.78 is 50.2. The van der Waals surface area contributed by atoms with Gasteiger partial charge in [0.25, 0.3) is 0 Å². The molecule has 0 unspecified atom stereocenters. The number of hydrogen-bond donors (Lipinski definition) is 2. The maximum absolute atomic E-state index is 13.8. The number of halogens is 3. The van der Waals surface area contributed by atoms with E-state index in [-0.39, 0.29) is 23.1 Å². The number of anilines is 1. The highest BCUT2D eigenvalue weighted by molar-refractivity contribution is 8.05. The summed E-state index contributed by atoms with van der Waals surface area (Å²) >= 11 is 1.09. The third-order valence-electron chi connectivity index (χ3n) is 6.36. The molecule has 39 heavy (non-hydrogen) atoms. The van der Waals surface area contributed by atoms with Gasteiger partial charge in [0.2, 0.25) is 11.8 Å². The smallest absolute Gasteiger partial charge is 0.393 e. The van der Waals surface area contributed by atoms with Crippen LogP contribution in [0.2, 0.25) is 0 Å². The zero-order valence-electron chi connectivity index (χ0n) is 21.8. The van der Waals surface area contributed by atoms with Crippen LogP contribution in [0, 0.1) is 0 Å². The molecule has 2 aromatic carbocycles. The molecule has 1 saturated heterocycles. The Bertz CT molecular complexity index is 1290. The van der Waals surface area contributed by atoms with Crippen molar-refractivity contribution in [1.29, 1.82) is 0 Å². The quantitative estimate of drug-likeness (QED) is 0.233. The van der Waals surface area contributed by atoms with Crippen LogP contribution in [-0.4, -0.2) is 54.4 Å².